The van der Waals surface area contributed by atoms with Crippen LogP contribution in [-0.2, 0) is 0 Å². The topological polar surface area (TPSA) is 66.9 Å². The lowest BCUT2D eigenvalue weighted by Crippen LogP contribution is -2.12. The third-order valence-electron chi connectivity index (χ3n) is 4.23. The van der Waals surface area contributed by atoms with Gasteiger partial charge in [0.15, 0.2) is 0 Å². The Morgan fingerprint density at radius 1 is 0.889 bits per heavy atom. The van der Waals surface area contributed by atoms with Crippen molar-refractivity contribution >= 4 is 34.0 Å². The van der Waals surface area contributed by atoms with Gasteiger partial charge in [-0.1, -0.05) is 35.9 Å². The van der Waals surface area contributed by atoms with Crippen molar-refractivity contribution in [2.45, 2.75) is 6.92 Å². The van der Waals surface area contributed by atoms with E-state index in [-0.39, 0.29) is 5.91 Å². The first-order valence-electron chi connectivity index (χ1n) is 8.64. The molecule has 0 bridgehead atoms. The van der Waals surface area contributed by atoms with E-state index in [2.05, 4.69) is 20.6 Å². The van der Waals surface area contributed by atoms with Crippen LogP contribution >= 0.6 is 0 Å². The second-order valence-corrected chi connectivity index (χ2v) is 6.26. The maximum Gasteiger partial charge on any atom is 0.256 e. The number of para-hydroxylation sites is 1. The minimum absolute atomic E-state index is 0.179. The molecule has 0 spiro atoms. The zero-order valence-electron chi connectivity index (χ0n) is 14.8. The summed E-state index contributed by atoms with van der Waals surface area (Å²) < 4.78 is 0. The lowest BCUT2D eigenvalue weighted by Gasteiger charge is -2.10. The van der Waals surface area contributed by atoms with Crippen LogP contribution in [0.3, 0.4) is 0 Å². The zero-order chi connectivity index (χ0) is 18.6. The summed E-state index contributed by atoms with van der Waals surface area (Å²) in [6, 6.07) is 21.0. The van der Waals surface area contributed by atoms with Gasteiger partial charge in [-0.15, -0.1) is 0 Å². The first kappa shape index (κ1) is 16.7. The van der Waals surface area contributed by atoms with Gasteiger partial charge in [0.2, 0.25) is 0 Å². The SMILES string of the molecule is Cc1ccc(C(=O)Nc2ccc(Nc3cccc4cccnc34)cn2)cc1. The molecule has 0 radical (unpaired) electrons. The number of carbonyl (C=O) groups is 1. The number of hydrogen-bond donors (Lipinski definition) is 2. The molecule has 0 saturated heterocycles. The fourth-order valence-corrected chi connectivity index (χ4v) is 2.80. The minimum Gasteiger partial charge on any atom is -0.352 e. The summed E-state index contributed by atoms with van der Waals surface area (Å²) in [6.07, 6.45) is 3.46. The fourth-order valence-electron chi connectivity index (χ4n) is 2.80. The molecule has 0 aliphatic carbocycles. The van der Waals surface area contributed by atoms with Crippen molar-refractivity contribution in [1.82, 2.24) is 9.97 Å². The Kier molecular flexibility index (Phi) is 4.49. The van der Waals surface area contributed by atoms with Crippen LogP contribution in [0.2, 0.25) is 0 Å². The van der Waals surface area contributed by atoms with E-state index in [9.17, 15) is 4.79 Å². The predicted octanol–water partition coefficient (Wildman–Crippen LogP) is 4.93. The third-order valence-corrected chi connectivity index (χ3v) is 4.23. The summed E-state index contributed by atoms with van der Waals surface area (Å²) in [4.78, 5) is 21.0. The highest BCUT2D eigenvalue weighted by Crippen LogP contribution is 2.24. The molecule has 0 fully saturated rings. The summed E-state index contributed by atoms with van der Waals surface area (Å²) in [7, 11) is 0. The smallest absolute Gasteiger partial charge is 0.256 e. The number of rotatable bonds is 4. The number of nitrogens with zero attached hydrogens (tertiary/aromatic N) is 2. The van der Waals surface area contributed by atoms with E-state index >= 15 is 0 Å². The van der Waals surface area contributed by atoms with E-state index in [4.69, 9.17) is 0 Å². The van der Waals surface area contributed by atoms with Gasteiger partial charge in [-0.2, -0.15) is 0 Å². The van der Waals surface area contributed by atoms with Gasteiger partial charge in [-0.05, 0) is 43.3 Å². The van der Waals surface area contributed by atoms with Crippen molar-refractivity contribution in [3.05, 3.63) is 90.3 Å². The molecular formula is C22H18N4O. The third kappa shape index (κ3) is 3.77. The monoisotopic (exact) mass is 354 g/mol. The highest BCUT2D eigenvalue weighted by Gasteiger charge is 2.07. The predicted molar refractivity (Wildman–Crippen MR) is 108 cm³/mol. The Morgan fingerprint density at radius 2 is 1.70 bits per heavy atom. The Hall–Kier alpha value is -3.73. The summed E-state index contributed by atoms with van der Waals surface area (Å²) in [5.41, 5.74) is 4.35. The van der Waals surface area contributed by atoms with E-state index < -0.39 is 0 Å². The van der Waals surface area contributed by atoms with Gasteiger partial charge in [0.1, 0.15) is 5.82 Å². The summed E-state index contributed by atoms with van der Waals surface area (Å²) >= 11 is 0. The Balaban J connectivity index is 1.49. The maximum absolute atomic E-state index is 12.3. The number of aromatic nitrogens is 2. The van der Waals surface area contributed by atoms with Crippen molar-refractivity contribution in [2.75, 3.05) is 10.6 Å². The van der Waals surface area contributed by atoms with Gasteiger partial charge in [0.05, 0.1) is 23.1 Å². The maximum atomic E-state index is 12.3. The quantitative estimate of drug-likeness (QED) is 0.545. The molecule has 2 N–H and O–H groups in total. The van der Waals surface area contributed by atoms with E-state index in [0.717, 1.165) is 27.8 Å². The summed E-state index contributed by atoms with van der Waals surface area (Å²) in [5, 5.41) is 7.20. The molecule has 5 nitrogen and oxygen atoms in total. The first-order chi connectivity index (χ1) is 13.2. The van der Waals surface area contributed by atoms with Crippen molar-refractivity contribution < 1.29 is 4.79 Å². The first-order valence-corrected chi connectivity index (χ1v) is 8.64. The molecule has 132 valence electrons. The van der Waals surface area contributed by atoms with Crippen molar-refractivity contribution in [3.8, 4) is 0 Å². The molecule has 4 aromatic rings. The normalized spacial score (nSPS) is 10.6. The molecule has 0 aliphatic rings. The number of benzene rings is 2. The van der Waals surface area contributed by atoms with Crippen LogP contribution in [0.15, 0.2) is 79.1 Å². The number of pyridine rings is 2. The average molecular weight is 354 g/mol. The van der Waals surface area contributed by atoms with Gasteiger partial charge in [0.25, 0.3) is 5.91 Å². The van der Waals surface area contributed by atoms with E-state index in [1.54, 1.807) is 30.6 Å². The molecule has 2 aromatic carbocycles. The number of nitrogens with one attached hydrogen (secondary N) is 2. The molecular weight excluding hydrogens is 336 g/mol. The average Bonchev–Trinajstić information content (AvgIpc) is 2.70. The molecule has 0 unspecified atom stereocenters. The van der Waals surface area contributed by atoms with Crippen LogP contribution in [0.25, 0.3) is 10.9 Å². The molecule has 0 aliphatic heterocycles. The molecule has 0 saturated carbocycles. The Bertz CT molecular complexity index is 1080. The number of amides is 1. The van der Waals surface area contributed by atoms with Crippen LogP contribution < -0.4 is 10.6 Å². The van der Waals surface area contributed by atoms with Gasteiger partial charge >= 0.3 is 0 Å². The summed E-state index contributed by atoms with van der Waals surface area (Å²) in [6.45, 7) is 1.99. The van der Waals surface area contributed by atoms with Gasteiger partial charge in [-0.3, -0.25) is 9.78 Å². The van der Waals surface area contributed by atoms with Gasteiger partial charge in [-0.25, -0.2) is 4.98 Å². The van der Waals surface area contributed by atoms with E-state index in [0.29, 0.717) is 11.4 Å². The highest BCUT2D eigenvalue weighted by molar-refractivity contribution is 6.03. The number of anilines is 3. The van der Waals surface area contributed by atoms with Crippen molar-refractivity contribution in [1.29, 1.82) is 0 Å². The molecule has 2 heterocycles. The second kappa shape index (κ2) is 7.25. The lowest BCUT2D eigenvalue weighted by atomic mass is 10.1. The molecule has 2 aromatic heterocycles. The zero-order valence-corrected chi connectivity index (χ0v) is 14.8. The van der Waals surface area contributed by atoms with E-state index in [1.165, 1.54) is 0 Å². The van der Waals surface area contributed by atoms with Crippen LogP contribution in [0, 0.1) is 6.92 Å². The second-order valence-electron chi connectivity index (χ2n) is 6.26. The Morgan fingerprint density at radius 3 is 2.48 bits per heavy atom. The van der Waals surface area contributed by atoms with Crippen LogP contribution in [0.5, 0.6) is 0 Å². The molecule has 5 heteroatoms. The summed E-state index contributed by atoms with van der Waals surface area (Å²) in [5.74, 6) is 0.323. The van der Waals surface area contributed by atoms with Crippen molar-refractivity contribution in [2.24, 2.45) is 0 Å². The van der Waals surface area contributed by atoms with Gasteiger partial charge in [0, 0.05) is 17.1 Å². The number of aryl methyl sites for hydroxylation is 1. The van der Waals surface area contributed by atoms with Gasteiger partial charge < -0.3 is 10.6 Å². The van der Waals surface area contributed by atoms with Crippen LogP contribution in [0.1, 0.15) is 15.9 Å². The fraction of sp³-hybridized carbons (Fsp3) is 0.0455. The number of fused-ring (bicyclic) bond motifs is 1. The molecule has 27 heavy (non-hydrogen) atoms. The highest BCUT2D eigenvalue weighted by atomic mass is 16.1. The largest absolute Gasteiger partial charge is 0.352 e. The Labute approximate surface area is 157 Å². The molecule has 4 rings (SSSR count). The van der Waals surface area contributed by atoms with Crippen LogP contribution in [-0.4, -0.2) is 15.9 Å². The molecule has 1 amide bonds. The van der Waals surface area contributed by atoms with E-state index in [1.807, 2.05) is 55.5 Å². The number of carbonyl (C=O) groups excluding carboxylic acids is 1. The number of hydrogen-bond acceptors (Lipinski definition) is 4. The van der Waals surface area contributed by atoms with Crippen molar-refractivity contribution in [3.63, 3.8) is 0 Å². The molecule has 0 atom stereocenters. The lowest BCUT2D eigenvalue weighted by molar-refractivity contribution is 0.102. The standard InChI is InChI=1S/C22H18N4O/c1-15-7-9-17(10-8-15)22(27)26-20-12-11-18(14-24-20)25-19-6-2-4-16-5-3-13-23-21(16)19/h2-14,25H,1H3,(H,24,26,27). The van der Waals surface area contributed by atoms with Crippen LogP contribution in [0.4, 0.5) is 17.2 Å². The minimum atomic E-state index is -0.179.